The number of halogens is 2. The molecule has 0 aliphatic rings. The second-order valence-corrected chi connectivity index (χ2v) is 6.26. The molecule has 27 heavy (non-hydrogen) atoms. The highest BCUT2D eigenvalue weighted by Crippen LogP contribution is 2.23. The average Bonchev–Trinajstić information content (AvgIpc) is 2.69. The predicted molar refractivity (Wildman–Crippen MR) is 102 cm³/mol. The Hall–Kier alpha value is -3.05. The van der Waals surface area contributed by atoms with Gasteiger partial charge in [-0.2, -0.15) is 0 Å². The predicted octanol–water partition coefficient (Wildman–Crippen LogP) is 4.67. The first-order chi connectivity index (χ1) is 13.0. The van der Waals surface area contributed by atoms with Gasteiger partial charge in [-0.3, -0.25) is 10.1 Å². The van der Waals surface area contributed by atoms with Crippen LogP contribution in [0.5, 0.6) is 0 Å². The maximum Gasteiger partial charge on any atom is 0.241 e. The summed E-state index contributed by atoms with van der Waals surface area (Å²) in [5.41, 5.74) is 1.97. The minimum atomic E-state index is -0.807. The van der Waals surface area contributed by atoms with Gasteiger partial charge in [0, 0.05) is 6.07 Å². The van der Waals surface area contributed by atoms with Crippen LogP contribution in [-0.2, 0) is 4.79 Å². The van der Waals surface area contributed by atoms with E-state index in [0.29, 0.717) is 0 Å². The van der Waals surface area contributed by atoms with Crippen molar-refractivity contribution in [2.75, 3.05) is 5.32 Å². The lowest BCUT2D eigenvalue weighted by Gasteiger charge is -2.24. The van der Waals surface area contributed by atoms with E-state index in [9.17, 15) is 13.6 Å². The molecule has 2 N–H and O–H groups in total. The van der Waals surface area contributed by atoms with Gasteiger partial charge in [0.25, 0.3) is 0 Å². The molecule has 0 aromatic heterocycles. The van der Waals surface area contributed by atoms with Gasteiger partial charge in [0.1, 0.15) is 11.6 Å². The molecule has 0 heterocycles. The highest BCUT2D eigenvalue weighted by atomic mass is 19.1. The summed E-state index contributed by atoms with van der Waals surface area (Å²) < 4.78 is 26.8. The zero-order valence-corrected chi connectivity index (χ0v) is 14.8. The molecule has 0 saturated heterocycles. The van der Waals surface area contributed by atoms with Gasteiger partial charge in [0.15, 0.2) is 0 Å². The molecular formula is C22H20F2N2O. The Kier molecular flexibility index (Phi) is 5.94. The molecule has 0 fully saturated rings. The van der Waals surface area contributed by atoms with E-state index in [1.54, 1.807) is 6.92 Å². The highest BCUT2D eigenvalue weighted by Gasteiger charge is 2.21. The van der Waals surface area contributed by atoms with Crippen molar-refractivity contribution in [1.29, 1.82) is 0 Å². The Morgan fingerprint density at radius 1 is 0.852 bits per heavy atom. The van der Waals surface area contributed by atoms with Gasteiger partial charge >= 0.3 is 0 Å². The number of hydrogen-bond donors (Lipinski definition) is 2. The number of amides is 1. The van der Waals surface area contributed by atoms with Crippen LogP contribution in [-0.4, -0.2) is 11.9 Å². The lowest BCUT2D eigenvalue weighted by atomic mass is 9.98. The minimum absolute atomic E-state index is 0.0500. The Bertz CT molecular complexity index is 861. The molecule has 1 atom stereocenters. The molecule has 3 nitrogen and oxygen atoms in total. The summed E-state index contributed by atoms with van der Waals surface area (Å²) in [6, 6.07) is 21.8. The van der Waals surface area contributed by atoms with Crippen LogP contribution in [0.25, 0.3) is 0 Å². The zero-order valence-electron chi connectivity index (χ0n) is 14.8. The van der Waals surface area contributed by atoms with Crippen molar-refractivity contribution >= 4 is 11.6 Å². The number of anilines is 1. The molecule has 5 heteroatoms. The summed E-state index contributed by atoms with van der Waals surface area (Å²) in [5.74, 6) is -1.90. The molecule has 1 amide bonds. The number of carbonyl (C=O) groups is 1. The van der Waals surface area contributed by atoms with Crippen molar-refractivity contribution in [2.24, 2.45) is 0 Å². The minimum Gasteiger partial charge on any atom is -0.322 e. The van der Waals surface area contributed by atoms with Crippen LogP contribution < -0.4 is 10.6 Å². The Labute approximate surface area is 157 Å². The molecular weight excluding hydrogens is 346 g/mol. The monoisotopic (exact) mass is 366 g/mol. The molecule has 0 aliphatic carbocycles. The summed E-state index contributed by atoms with van der Waals surface area (Å²) >= 11 is 0. The van der Waals surface area contributed by atoms with Crippen LogP contribution in [0, 0.1) is 11.6 Å². The van der Waals surface area contributed by atoms with Crippen molar-refractivity contribution < 1.29 is 13.6 Å². The largest absolute Gasteiger partial charge is 0.322 e. The van der Waals surface area contributed by atoms with Crippen molar-refractivity contribution in [3.05, 3.63) is 102 Å². The van der Waals surface area contributed by atoms with Gasteiger partial charge in [-0.15, -0.1) is 0 Å². The third-order valence-electron chi connectivity index (χ3n) is 4.26. The zero-order chi connectivity index (χ0) is 19.2. The fourth-order valence-electron chi connectivity index (χ4n) is 2.83. The molecule has 0 unspecified atom stereocenters. The van der Waals surface area contributed by atoms with Crippen molar-refractivity contribution in [3.8, 4) is 0 Å². The van der Waals surface area contributed by atoms with Crippen molar-refractivity contribution in [2.45, 2.75) is 19.0 Å². The van der Waals surface area contributed by atoms with Gasteiger partial charge < -0.3 is 5.32 Å². The fourth-order valence-corrected chi connectivity index (χ4v) is 2.83. The SMILES string of the molecule is C[C@H](NC(c1ccccc1)c1ccccc1)C(=O)Nc1ccc(F)cc1F. The maximum atomic E-state index is 13.8. The molecule has 0 radical (unpaired) electrons. The molecule has 3 aromatic carbocycles. The van der Waals surface area contributed by atoms with Crippen LogP contribution in [0.4, 0.5) is 14.5 Å². The Morgan fingerprint density at radius 2 is 1.41 bits per heavy atom. The summed E-state index contributed by atoms with van der Waals surface area (Å²) in [7, 11) is 0. The van der Waals surface area contributed by atoms with E-state index in [-0.39, 0.29) is 11.7 Å². The molecule has 3 rings (SSSR count). The number of benzene rings is 3. The Balaban J connectivity index is 1.78. The van der Waals surface area contributed by atoms with Crippen LogP contribution in [0.3, 0.4) is 0 Å². The van der Waals surface area contributed by atoms with E-state index in [1.165, 1.54) is 6.07 Å². The van der Waals surface area contributed by atoms with Crippen LogP contribution in [0.1, 0.15) is 24.1 Å². The van der Waals surface area contributed by atoms with E-state index in [4.69, 9.17) is 0 Å². The van der Waals surface area contributed by atoms with E-state index < -0.39 is 23.6 Å². The molecule has 0 spiro atoms. The van der Waals surface area contributed by atoms with Gasteiger partial charge in [0.05, 0.1) is 17.8 Å². The lowest BCUT2D eigenvalue weighted by molar-refractivity contribution is -0.117. The number of hydrogen-bond acceptors (Lipinski definition) is 2. The van der Waals surface area contributed by atoms with Gasteiger partial charge in [-0.05, 0) is 30.2 Å². The van der Waals surface area contributed by atoms with Crippen LogP contribution in [0.2, 0.25) is 0 Å². The van der Waals surface area contributed by atoms with E-state index in [2.05, 4.69) is 10.6 Å². The summed E-state index contributed by atoms with van der Waals surface area (Å²) in [5, 5.41) is 5.79. The smallest absolute Gasteiger partial charge is 0.241 e. The summed E-state index contributed by atoms with van der Waals surface area (Å²) in [4.78, 5) is 12.5. The molecule has 0 saturated carbocycles. The van der Waals surface area contributed by atoms with Gasteiger partial charge in [-0.25, -0.2) is 8.78 Å². The summed E-state index contributed by atoms with van der Waals surface area (Å²) in [6.45, 7) is 1.70. The van der Waals surface area contributed by atoms with Crippen molar-refractivity contribution in [3.63, 3.8) is 0 Å². The molecule has 138 valence electrons. The quantitative estimate of drug-likeness (QED) is 0.666. The van der Waals surface area contributed by atoms with E-state index >= 15 is 0 Å². The number of carbonyl (C=O) groups excluding carboxylic acids is 1. The second-order valence-electron chi connectivity index (χ2n) is 6.26. The third-order valence-corrected chi connectivity index (χ3v) is 4.26. The molecule has 0 bridgehead atoms. The summed E-state index contributed by atoms with van der Waals surface area (Å²) in [6.07, 6.45) is 0. The van der Waals surface area contributed by atoms with Crippen LogP contribution >= 0.6 is 0 Å². The maximum absolute atomic E-state index is 13.8. The highest BCUT2D eigenvalue weighted by molar-refractivity contribution is 5.94. The lowest BCUT2D eigenvalue weighted by Crippen LogP contribution is -2.40. The standard InChI is InChI=1S/C22H20F2N2O/c1-15(22(27)26-20-13-12-18(23)14-19(20)24)25-21(16-8-4-2-5-9-16)17-10-6-3-7-11-17/h2-15,21,25H,1H3,(H,26,27)/t15-/m0/s1. The first kappa shape index (κ1) is 18.7. The van der Waals surface area contributed by atoms with E-state index in [1.807, 2.05) is 60.7 Å². The van der Waals surface area contributed by atoms with E-state index in [0.717, 1.165) is 23.3 Å². The third kappa shape index (κ3) is 4.77. The van der Waals surface area contributed by atoms with Crippen LogP contribution in [0.15, 0.2) is 78.9 Å². The average molecular weight is 366 g/mol. The molecule has 3 aromatic rings. The van der Waals surface area contributed by atoms with Gasteiger partial charge in [0.2, 0.25) is 5.91 Å². The molecule has 0 aliphatic heterocycles. The van der Waals surface area contributed by atoms with Gasteiger partial charge in [-0.1, -0.05) is 60.7 Å². The Morgan fingerprint density at radius 3 is 1.93 bits per heavy atom. The fraction of sp³-hybridized carbons (Fsp3) is 0.136. The first-order valence-electron chi connectivity index (χ1n) is 8.66. The topological polar surface area (TPSA) is 41.1 Å². The number of nitrogens with one attached hydrogen (secondary N) is 2. The first-order valence-corrected chi connectivity index (χ1v) is 8.66. The normalized spacial score (nSPS) is 12.0. The second kappa shape index (κ2) is 8.56. The number of rotatable bonds is 6. The van der Waals surface area contributed by atoms with Crippen molar-refractivity contribution in [1.82, 2.24) is 5.32 Å².